The van der Waals surface area contributed by atoms with Crippen molar-refractivity contribution in [3.8, 4) is 0 Å². The summed E-state index contributed by atoms with van der Waals surface area (Å²) < 4.78 is 4.72. The molecule has 0 spiro atoms. The largest absolute Gasteiger partial charge is 0.453 e. The molecule has 48 valence electrons. The number of hydrogen-bond donors (Lipinski definition) is 1. The lowest BCUT2D eigenvalue weighted by molar-refractivity contribution is 0.329. The lowest BCUT2D eigenvalue weighted by Crippen LogP contribution is -1.85. The van der Waals surface area contributed by atoms with Crippen LogP contribution in [0.25, 0.3) is 0 Å². The van der Waals surface area contributed by atoms with Crippen LogP contribution in [-0.4, -0.2) is 18.1 Å². The van der Waals surface area contributed by atoms with Crippen molar-refractivity contribution in [2.45, 2.75) is 0 Å². The van der Waals surface area contributed by atoms with Gasteiger partial charge in [-0.1, -0.05) is 0 Å². The third-order valence-electron chi connectivity index (χ3n) is 0.898. The van der Waals surface area contributed by atoms with Gasteiger partial charge in [-0.3, -0.25) is 0 Å². The van der Waals surface area contributed by atoms with Crippen LogP contribution in [0.15, 0.2) is 29.1 Å². The molecule has 0 saturated heterocycles. The van der Waals surface area contributed by atoms with E-state index < -0.39 is 0 Å². The van der Waals surface area contributed by atoms with Gasteiger partial charge in [-0.25, -0.2) is 4.99 Å². The van der Waals surface area contributed by atoms with Crippen molar-refractivity contribution in [1.82, 2.24) is 0 Å². The molecule has 0 radical (unpaired) electrons. The molecule has 1 aliphatic heterocycles. The summed E-state index contributed by atoms with van der Waals surface area (Å²) in [6, 6.07) is 0. The number of nitrogens with zero attached hydrogens (tertiary/aromatic N) is 1. The van der Waals surface area contributed by atoms with Crippen molar-refractivity contribution in [1.29, 1.82) is 0 Å². The summed E-state index contributed by atoms with van der Waals surface area (Å²) in [5.74, 6) is 0. The summed E-state index contributed by atoms with van der Waals surface area (Å²) in [5, 5.41) is 8.56. The molecule has 0 aromatic rings. The van der Waals surface area contributed by atoms with E-state index in [0.29, 0.717) is 5.57 Å². The summed E-state index contributed by atoms with van der Waals surface area (Å²) in [6.45, 7) is -0.0140. The molecule has 1 rings (SSSR count). The quantitative estimate of drug-likeness (QED) is 0.552. The number of hydrogen-bond acceptors (Lipinski definition) is 3. The van der Waals surface area contributed by atoms with Crippen LogP contribution in [0.3, 0.4) is 0 Å². The predicted octanol–water partition coefficient (Wildman–Crippen LogP) is 0.435. The zero-order valence-corrected chi connectivity index (χ0v) is 4.82. The van der Waals surface area contributed by atoms with Gasteiger partial charge in [0.25, 0.3) is 0 Å². The SMILES string of the molecule is OCC1=COC=NC=C1. The van der Waals surface area contributed by atoms with E-state index in [2.05, 4.69) is 4.99 Å². The first-order valence-electron chi connectivity index (χ1n) is 2.57. The van der Waals surface area contributed by atoms with Gasteiger partial charge in [-0.2, -0.15) is 0 Å². The van der Waals surface area contributed by atoms with Crippen molar-refractivity contribution in [2.75, 3.05) is 6.61 Å². The highest BCUT2D eigenvalue weighted by Crippen LogP contribution is 1.98. The molecule has 0 atom stereocenters. The summed E-state index contributed by atoms with van der Waals surface area (Å²) in [7, 11) is 0. The van der Waals surface area contributed by atoms with E-state index in [4.69, 9.17) is 9.84 Å². The summed E-state index contributed by atoms with van der Waals surface area (Å²) in [5.41, 5.74) is 0.715. The van der Waals surface area contributed by atoms with E-state index in [-0.39, 0.29) is 6.61 Å². The highest BCUT2D eigenvalue weighted by Gasteiger charge is 1.89. The second-order valence-corrected chi connectivity index (χ2v) is 1.56. The molecule has 1 aliphatic rings. The van der Waals surface area contributed by atoms with Crippen LogP contribution in [0.4, 0.5) is 0 Å². The Morgan fingerprint density at radius 1 is 1.67 bits per heavy atom. The van der Waals surface area contributed by atoms with Crippen LogP contribution in [0.2, 0.25) is 0 Å². The number of ether oxygens (including phenoxy) is 1. The van der Waals surface area contributed by atoms with E-state index in [9.17, 15) is 0 Å². The van der Waals surface area contributed by atoms with Crippen LogP contribution in [-0.2, 0) is 4.74 Å². The van der Waals surface area contributed by atoms with Crippen molar-refractivity contribution in [3.05, 3.63) is 24.1 Å². The number of rotatable bonds is 1. The van der Waals surface area contributed by atoms with Crippen LogP contribution in [0.1, 0.15) is 0 Å². The second-order valence-electron chi connectivity index (χ2n) is 1.56. The fraction of sp³-hybridized carbons (Fsp3) is 0.167. The Balaban J connectivity index is 2.63. The Bertz CT molecular complexity index is 170. The Morgan fingerprint density at radius 2 is 2.56 bits per heavy atom. The normalized spacial score (nSPS) is 16.3. The van der Waals surface area contributed by atoms with E-state index in [1.165, 1.54) is 12.7 Å². The maximum atomic E-state index is 8.56. The molecular formula is C6H7NO2. The molecule has 0 bridgehead atoms. The molecule has 3 nitrogen and oxygen atoms in total. The molecule has 0 unspecified atom stereocenters. The predicted molar refractivity (Wildman–Crippen MR) is 33.9 cm³/mol. The molecule has 1 heterocycles. The summed E-state index contributed by atoms with van der Waals surface area (Å²) in [4.78, 5) is 3.68. The van der Waals surface area contributed by atoms with Crippen molar-refractivity contribution in [2.24, 2.45) is 4.99 Å². The van der Waals surface area contributed by atoms with Crippen LogP contribution in [0, 0.1) is 0 Å². The lowest BCUT2D eigenvalue weighted by atomic mass is 10.3. The minimum atomic E-state index is -0.0140. The zero-order valence-electron chi connectivity index (χ0n) is 4.82. The Labute approximate surface area is 53.0 Å². The average Bonchev–Trinajstić information content (AvgIpc) is 2.13. The van der Waals surface area contributed by atoms with Crippen LogP contribution < -0.4 is 0 Å². The molecule has 0 aliphatic carbocycles. The Kier molecular flexibility index (Phi) is 2.04. The van der Waals surface area contributed by atoms with Crippen LogP contribution in [0.5, 0.6) is 0 Å². The Morgan fingerprint density at radius 3 is 3.33 bits per heavy atom. The van der Waals surface area contributed by atoms with Gasteiger partial charge in [0, 0.05) is 11.8 Å². The smallest absolute Gasteiger partial charge is 0.180 e. The highest BCUT2D eigenvalue weighted by molar-refractivity contribution is 5.50. The first kappa shape index (κ1) is 6.04. The van der Waals surface area contributed by atoms with Gasteiger partial charge >= 0.3 is 0 Å². The average molecular weight is 125 g/mol. The van der Waals surface area contributed by atoms with Crippen molar-refractivity contribution >= 4 is 6.40 Å². The number of aliphatic hydroxyl groups excluding tert-OH is 1. The minimum absolute atomic E-state index is 0.0140. The van der Waals surface area contributed by atoms with Gasteiger partial charge in [0.15, 0.2) is 6.40 Å². The third kappa shape index (κ3) is 1.70. The molecule has 1 N–H and O–H groups in total. The van der Waals surface area contributed by atoms with Crippen molar-refractivity contribution in [3.63, 3.8) is 0 Å². The van der Waals surface area contributed by atoms with Gasteiger partial charge in [0.05, 0.1) is 12.9 Å². The molecule has 9 heavy (non-hydrogen) atoms. The monoisotopic (exact) mass is 125 g/mol. The maximum absolute atomic E-state index is 8.56. The fourth-order valence-electron chi connectivity index (χ4n) is 0.456. The van der Waals surface area contributed by atoms with Gasteiger partial charge in [-0.05, 0) is 6.08 Å². The molecule has 3 heteroatoms. The van der Waals surface area contributed by atoms with Crippen molar-refractivity contribution < 1.29 is 9.84 Å². The molecule has 0 saturated carbocycles. The van der Waals surface area contributed by atoms with E-state index in [0.717, 1.165) is 0 Å². The summed E-state index contributed by atoms with van der Waals surface area (Å²) in [6.07, 6.45) is 6.00. The molecule has 0 fully saturated rings. The second kappa shape index (κ2) is 3.04. The van der Waals surface area contributed by atoms with E-state index in [1.807, 2.05) is 0 Å². The van der Waals surface area contributed by atoms with Gasteiger partial charge in [0.2, 0.25) is 0 Å². The fourth-order valence-corrected chi connectivity index (χ4v) is 0.456. The molecule has 0 aromatic heterocycles. The van der Waals surface area contributed by atoms with Gasteiger partial charge in [0.1, 0.15) is 0 Å². The zero-order chi connectivity index (χ0) is 6.53. The molecule has 0 aromatic carbocycles. The van der Waals surface area contributed by atoms with E-state index in [1.54, 1.807) is 12.3 Å². The Hall–Kier alpha value is -1.09. The first-order chi connectivity index (χ1) is 4.43. The first-order valence-corrected chi connectivity index (χ1v) is 2.57. The lowest BCUT2D eigenvalue weighted by Gasteiger charge is -1.90. The maximum Gasteiger partial charge on any atom is 0.180 e. The summed E-state index contributed by atoms with van der Waals surface area (Å²) >= 11 is 0. The number of aliphatic imine (C=N–C) groups is 1. The van der Waals surface area contributed by atoms with E-state index >= 15 is 0 Å². The third-order valence-corrected chi connectivity index (χ3v) is 0.898. The molecular weight excluding hydrogens is 118 g/mol. The standard InChI is InChI=1S/C6H7NO2/c8-3-6-1-2-7-5-9-4-6/h1-2,4-5,8H,3H2. The van der Waals surface area contributed by atoms with Crippen LogP contribution >= 0.6 is 0 Å². The number of aliphatic hydroxyl groups is 1. The van der Waals surface area contributed by atoms with Gasteiger partial charge < -0.3 is 9.84 Å². The highest BCUT2D eigenvalue weighted by atomic mass is 16.5. The topological polar surface area (TPSA) is 41.8 Å². The molecule has 0 amide bonds. The van der Waals surface area contributed by atoms with Gasteiger partial charge in [-0.15, -0.1) is 0 Å². The minimum Gasteiger partial charge on any atom is -0.453 e.